The van der Waals surface area contributed by atoms with Gasteiger partial charge in [0.2, 0.25) is 10.0 Å². The summed E-state index contributed by atoms with van der Waals surface area (Å²) in [5, 5.41) is 7.66. The van der Waals surface area contributed by atoms with E-state index < -0.39 is 10.0 Å². The fourth-order valence-electron chi connectivity index (χ4n) is 5.12. The minimum atomic E-state index is -3.51. The van der Waals surface area contributed by atoms with Crippen molar-refractivity contribution in [1.82, 2.24) is 19.3 Å². The van der Waals surface area contributed by atoms with Gasteiger partial charge in [0.1, 0.15) is 0 Å². The number of carbonyl (C=O) groups is 1. The Balaban J connectivity index is 1.46. The van der Waals surface area contributed by atoms with Gasteiger partial charge in [-0.25, -0.2) is 18.1 Å². The lowest BCUT2D eigenvalue weighted by Crippen LogP contribution is -2.18. The number of nitrogens with zero attached hydrogens (tertiary/aromatic N) is 4. The maximum absolute atomic E-state index is 13.6. The average Bonchev–Trinajstić information content (AvgIpc) is 3.62. The largest absolute Gasteiger partial charge is 0.322 e. The molecular weight excluding hydrogens is 572 g/mol. The quantitative estimate of drug-likeness (QED) is 0.200. The van der Waals surface area contributed by atoms with E-state index in [0.717, 1.165) is 52.1 Å². The lowest BCUT2D eigenvalue weighted by atomic mass is 9.85. The summed E-state index contributed by atoms with van der Waals surface area (Å²) in [5.41, 5.74) is 8.29. The van der Waals surface area contributed by atoms with E-state index in [4.69, 9.17) is 4.98 Å². The highest BCUT2D eigenvalue weighted by molar-refractivity contribution is 7.92. The van der Waals surface area contributed by atoms with Gasteiger partial charge in [0.25, 0.3) is 5.91 Å². The van der Waals surface area contributed by atoms with Crippen molar-refractivity contribution in [2.45, 2.75) is 53.4 Å². The number of imidazole rings is 1. The van der Waals surface area contributed by atoms with Crippen LogP contribution >= 0.6 is 0 Å². The molecule has 3 aromatic carbocycles. The summed E-state index contributed by atoms with van der Waals surface area (Å²) in [6.07, 6.45) is 7.44. The standard InChI is InChI=1S/C34H38N6O3S/c1-8-31-27(19-36-40(31)26-12-10-9-11-13-26)30-20-39(21-35-30)32-16-24(15-14-22(32)2)33(41)37-28-17-25(34(4,5)6)18-29(23(28)3)38-44(7,42)43/h9-21,38H,8H2,1-7H3,(H,37,41). The molecule has 0 aliphatic carbocycles. The smallest absolute Gasteiger partial charge is 0.255 e. The summed E-state index contributed by atoms with van der Waals surface area (Å²) in [6, 6.07) is 19.3. The molecule has 0 radical (unpaired) electrons. The van der Waals surface area contributed by atoms with E-state index in [1.54, 1.807) is 19.3 Å². The number of hydrogen-bond donors (Lipinski definition) is 2. The number of carbonyl (C=O) groups excluding carboxylic acids is 1. The Hall–Kier alpha value is -4.70. The second-order valence-corrected chi connectivity index (χ2v) is 13.8. The zero-order valence-corrected chi connectivity index (χ0v) is 27.0. The van der Waals surface area contributed by atoms with Gasteiger partial charge in [0.05, 0.1) is 47.2 Å². The highest BCUT2D eigenvalue weighted by Crippen LogP contribution is 2.33. The van der Waals surface area contributed by atoms with E-state index in [-0.39, 0.29) is 11.3 Å². The molecule has 10 heteroatoms. The van der Waals surface area contributed by atoms with E-state index in [1.165, 1.54) is 0 Å². The summed E-state index contributed by atoms with van der Waals surface area (Å²) < 4.78 is 30.6. The first-order valence-electron chi connectivity index (χ1n) is 14.5. The van der Waals surface area contributed by atoms with E-state index in [1.807, 2.05) is 104 Å². The van der Waals surface area contributed by atoms with Gasteiger partial charge in [-0.3, -0.25) is 9.52 Å². The van der Waals surface area contributed by atoms with Gasteiger partial charge in [0.15, 0.2) is 0 Å². The van der Waals surface area contributed by atoms with Crippen LogP contribution in [0.1, 0.15) is 60.4 Å². The molecule has 228 valence electrons. The Bertz CT molecular complexity index is 1950. The van der Waals surface area contributed by atoms with Crippen molar-refractivity contribution in [1.29, 1.82) is 0 Å². The lowest BCUT2D eigenvalue weighted by Gasteiger charge is -2.23. The Morgan fingerprint density at radius 1 is 0.977 bits per heavy atom. The number of amides is 1. The monoisotopic (exact) mass is 610 g/mol. The molecule has 0 aliphatic rings. The van der Waals surface area contributed by atoms with Crippen molar-refractivity contribution in [2.75, 3.05) is 16.3 Å². The van der Waals surface area contributed by atoms with Crippen LogP contribution in [0.5, 0.6) is 0 Å². The average molecular weight is 611 g/mol. The Morgan fingerprint density at radius 2 is 1.68 bits per heavy atom. The lowest BCUT2D eigenvalue weighted by molar-refractivity contribution is 0.102. The van der Waals surface area contributed by atoms with Crippen LogP contribution in [0.4, 0.5) is 11.4 Å². The van der Waals surface area contributed by atoms with Crippen molar-refractivity contribution < 1.29 is 13.2 Å². The molecule has 0 bridgehead atoms. The number of sulfonamides is 1. The molecule has 0 saturated carbocycles. The first kappa shape index (κ1) is 30.7. The van der Waals surface area contributed by atoms with Crippen LogP contribution in [0.25, 0.3) is 22.6 Å². The zero-order valence-electron chi connectivity index (χ0n) is 26.1. The first-order valence-corrected chi connectivity index (χ1v) is 16.4. The summed E-state index contributed by atoms with van der Waals surface area (Å²) in [6.45, 7) is 12.0. The van der Waals surface area contributed by atoms with Gasteiger partial charge in [-0.1, -0.05) is 52.0 Å². The molecule has 44 heavy (non-hydrogen) atoms. The Morgan fingerprint density at radius 3 is 2.34 bits per heavy atom. The normalized spacial score (nSPS) is 11.9. The van der Waals surface area contributed by atoms with Crippen LogP contribution < -0.4 is 10.0 Å². The maximum Gasteiger partial charge on any atom is 0.255 e. The van der Waals surface area contributed by atoms with E-state index in [2.05, 4.69) is 22.1 Å². The molecule has 5 rings (SSSR count). The van der Waals surface area contributed by atoms with Crippen molar-refractivity contribution in [3.05, 3.63) is 107 Å². The molecule has 2 aromatic heterocycles. The second kappa shape index (κ2) is 11.8. The van der Waals surface area contributed by atoms with Crippen molar-refractivity contribution in [2.24, 2.45) is 0 Å². The van der Waals surface area contributed by atoms with Crippen LogP contribution in [0.2, 0.25) is 0 Å². The Kier molecular flexibility index (Phi) is 8.22. The minimum Gasteiger partial charge on any atom is -0.322 e. The topological polar surface area (TPSA) is 111 Å². The van der Waals surface area contributed by atoms with Gasteiger partial charge in [0, 0.05) is 23.0 Å². The zero-order chi connectivity index (χ0) is 31.8. The molecule has 0 saturated heterocycles. The molecule has 1 amide bonds. The highest BCUT2D eigenvalue weighted by atomic mass is 32.2. The van der Waals surface area contributed by atoms with E-state index in [0.29, 0.717) is 22.5 Å². The summed E-state index contributed by atoms with van der Waals surface area (Å²) in [4.78, 5) is 18.3. The molecule has 2 N–H and O–H groups in total. The number of aromatic nitrogens is 4. The molecule has 0 fully saturated rings. The van der Waals surface area contributed by atoms with Crippen LogP contribution in [-0.2, 0) is 21.9 Å². The van der Waals surface area contributed by atoms with Crippen LogP contribution in [0.3, 0.4) is 0 Å². The third kappa shape index (κ3) is 6.45. The SMILES string of the molecule is CCc1c(-c2cn(-c3cc(C(=O)Nc4cc(C(C)(C)C)cc(NS(C)(=O)=O)c4C)ccc3C)cn2)cnn1-c1ccccc1. The fourth-order valence-corrected chi connectivity index (χ4v) is 5.73. The summed E-state index contributed by atoms with van der Waals surface area (Å²) in [7, 11) is -3.51. The van der Waals surface area contributed by atoms with Crippen molar-refractivity contribution >= 4 is 27.3 Å². The molecule has 0 aliphatic heterocycles. The third-order valence-corrected chi connectivity index (χ3v) is 8.22. The number of nitrogens with one attached hydrogen (secondary N) is 2. The minimum absolute atomic E-state index is 0.271. The van der Waals surface area contributed by atoms with Gasteiger partial charge in [-0.05, 0) is 78.8 Å². The number of anilines is 2. The molecule has 2 heterocycles. The van der Waals surface area contributed by atoms with Crippen LogP contribution in [0.15, 0.2) is 79.4 Å². The molecule has 0 unspecified atom stereocenters. The number of benzene rings is 3. The second-order valence-electron chi connectivity index (χ2n) is 12.0. The number of aryl methyl sites for hydroxylation is 1. The van der Waals surface area contributed by atoms with Crippen LogP contribution in [-0.4, -0.2) is 39.9 Å². The highest BCUT2D eigenvalue weighted by Gasteiger charge is 2.21. The van der Waals surface area contributed by atoms with Crippen molar-refractivity contribution in [3.63, 3.8) is 0 Å². The third-order valence-electron chi connectivity index (χ3n) is 7.63. The molecule has 9 nitrogen and oxygen atoms in total. The number of rotatable bonds is 8. The molecular formula is C34H38N6O3S. The van der Waals surface area contributed by atoms with E-state index in [9.17, 15) is 13.2 Å². The van der Waals surface area contributed by atoms with Crippen molar-refractivity contribution in [3.8, 4) is 22.6 Å². The summed E-state index contributed by atoms with van der Waals surface area (Å²) >= 11 is 0. The maximum atomic E-state index is 13.6. The predicted octanol–water partition coefficient (Wildman–Crippen LogP) is 6.83. The predicted molar refractivity (Wildman–Crippen MR) is 177 cm³/mol. The Labute approximate surface area is 259 Å². The van der Waals surface area contributed by atoms with Gasteiger partial charge < -0.3 is 9.88 Å². The van der Waals surface area contributed by atoms with Gasteiger partial charge >= 0.3 is 0 Å². The fraction of sp³-hybridized carbons (Fsp3) is 0.265. The number of para-hydroxylation sites is 1. The van der Waals surface area contributed by atoms with Gasteiger partial charge in [-0.2, -0.15) is 5.10 Å². The van der Waals surface area contributed by atoms with Crippen LogP contribution in [0, 0.1) is 13.8 Å². The summed E-state index contributed by atoms with van der Waals surface area (Å²) in [5.74, 6) is -0.302. The first-order chi connectivity index (χ1) is 20.7. The molecule has 5 aromatic rings. The number of hydrogen-bond acceptors (Lipinski definition) is 5. The van der Waals surface area contributed by atoms with Gasteiger partial charge in [-0.15, -0.1) is 0 Å². The van der Waals surface area contributed by atoms with E-state index >= 15 is 0 Å². The molecule has 0 spiro atoms. The molecule has 0 atom stereocenters.